The maximum atomic E-state index is 14.1. The Morgan fingerprint density at radius 3 is 2.46 bits per heavy atom. The quantitative estimate of drug-likeness (QED) is 0.0645. The molecule has 3 aromatic carbocycles. The number of amides is 4. The number of β-amino-alcohol motifs (C(OH)–C–C–N with tert-alkyl or cyclic N) is 1. The number of aliphatic hydroxyl groups excluding tert-OH is 1. The number of fused-ring (bicyclic) bond motifs is 1. The van der Waals surface area contributed by atoms with Gasteiger partial charge in [-0.1, -0.05) is 102 Å². The number of hydrogen-bond donors (Lipinski definition) is 3. The van der Waals surface area contributed by atoms with Gasteiger partial charge in [-0.2, -0.15) is 0 Å². The summed E-state index contributed by atoms with van der Waals surface area (Å²) in [6, 6.07) is 14.9. The molecule has 4 amide bonds. The van der Waals surface area contributed by atoms with E-state index in [4.69, 9.17) is 27.6 Å². The second-order valence-electron chi connectivity index (χ2n) is 20.2. The third-order valence-corrected chi connectivity index (χ3v) is 14.4. The van der Waals surface area contributed by atoms with Crippen LogP contribution in [0, 0.1) is 41.6 Å². The number of thiazole rings is 1. The molecule has 68 heavy (non-hydrogen) atoms. The molecule has 0 unspecified atom stereocenters. The van der Waals surface area contributed by atoms with E-state index in [2.05, 4.69) is 32.3 Å². The average molecular weight is 964 g/mol. The zero-order chi connectivity index (χ0) is 51.1. The number of aromatic nitrogens is 1. The second-order valence-corrected chi connectivity index (χ2v) is 21.4. The number of ether oxygens (including phenoxy) is 2. The first kappa shape index (κ1) is 47.3. The highest BCUT2D eigenvalue weighted by molar-refractivity contribution is 7.13. The minimum Gasteiger partial charge on any atom is -0.489 e. The van der Waals surface area contributed by atoms with Gasteiger partial charge in [0.15, 0.2) is 0 Å². The van der Waals surface area contributed by atoms with Gasteiger partial charge in [0.2, 0.25) is 23.4 Å². The summed E-state index contributed by atoms with van der Waals surface area (Å²) in [6.07, 6.45) is -0.333. The number of carbonyl (C=O) groups excluding carboxylic acids is 4. The number of rotatable bonds is 14. The molecule has 2 aliphatic heterocycles. The van der Waals surface area contributed by atoms with Crippen molar-refractivity contribution in [1.82, 2.24) is 25.4 Å². The molecular weight excluding hydrogens is 900 g/mol. The third kappa shape index (κ3) is 10.4. The standard InChI is InChI=1S/C53H61ClN6O7S/c1-31(34-16-18-35(19-17-34)44-32(2)56-30-68-44)57-46(63)42-25-37(61)28-59(42)48(65)45(51(3,4)5)58-43(62)29-66-23-13-11-12-14-33-15-21-39-36(24-33)27-60(47(39)64)49-52(6,7)50(53(49,8)9)67-38-20-22-41(55-10)40(54)26-38/h15-22,24,26,30-31,37,42,45,49-50,61H,11,13,23,25,27-29H2,1-9H3,(H,57,63)(H,58,62)/t31-,37+,42-,45+,49?,50?/m0/s1/i27D2. The van der Waals surface area contributed by atoms with Gasteiger partial charge in [0.25, 0.3) is 5.91 Å². The second kappa shape index (κ2) is 20.1. The van der Waals surface area contributed by atoms with Gasteiger partial charge < -0.3 is 35.0 Å². The van der Waals surface area contributed by atoms with Crippen LogP contribution >= 0.6 is 22.9 Å². The molecular formula is C53H61ClN6O7S. The van der Waals surface area contributed by atoms with Crippen LogP contribution in [0.3, 0.4) is 0 Å². The fourth-order valence-corrected chi connectivity index (χ4v) is 11.1. The number of unbranched alkanes of at least 4 members (excludes halogenated alkanes) is 1. The Labute approximate surface area is 411 Å². The summed E-state index contributed by atoms with van der Waals surface area (Å²) in [5, 5.41) is 16.8. The third-order valence-electron chi connectivity index (χ3n) is 13.1. The Balaban J connectivity index is 0.895. The molecule has 3 aliphatic rings. The predicted molar refractivity (Wildman–Crippen MR) is 263 cm³/mol. The molecule has 7 rings (SSSR count). The Morgan fingerprint density at radius 1 is 1.09 bits per heavy atom. The molecule has 1 saturated heterocycles. The summed E-state index contributed by atoms with van der Waals surface area (Å²) in [7, 11) is 0. The largest absolute Gasteiger partial charge is 0.489 e. The van der Waals surface area contributed by atoms with Crippen LogP contribution in [0.4, 0.5) is 5.69 Å². The monoisotopic (exact) mass is 962 g/mol. The number of hydrogen-bond acceptors (Lipinski definition) is 9. The number of aryl methyl sites for hydroxylation is 1. The predicted octanol–water partition coefficient (Wildman–Crippen LogP) is 8.68. The maximum Gasteiger partial charge on any atom is 0.254 e. The highest BCUT2D eigenvalue weighted by atomic mass is 35.5. The number of carbonyl (C=O) groups is 4. The van der Waals surface area contributed by atoms with Gasteiger partial charge in [-0.05, 0) is 72.7 Å². The first-order chi connectivity index (χ1) is 32.9. The summed E-state index contributed by atoms with van der Waals surface area (Å²) in [6.45, 7) is 22.1. The molecule has 13 nitrogen and oxygen atoms in total. The number of nitrogens with zero attached hydrogens (tertiary/aromatic N) is 4. The summed E-state index contributed by atoms with van der Waals surface area (Å²) in [5.41, 5.74) is 4.02. The van der Waals surface area contributed by atoms with E-state index in [1.54, 1.807) is 53.2 Å². The molecule has 3 N–H and O–H groups in total. The minimum atomic E-state index is -2.12. The number of nitrogens with one attached hydrogen (secondary N) is 2. The number of aliphatic hydroxyl groups is 1. The number of halogens is 1. The lowest BCUT2D eigenvalue weighted by molar-refractivity contribution is -0.199. The van der Waals surface area contributed by atoms with E-state index in [0.29, 0.717) is 29.8 Å². The molecule has 1 saturated carbocycles. The van der Waals surface area contributed by atoms with E-state index in [0.717, 1.165) is 21.7 Å². The molecule has 4 aromatic rings. The van der Waals surface area contributed by atoms with E-state index in [1.807, 2.05) is 86.6 Å². The van der Waals surface area contributed by atoms with Gasteiger partial charge in [0.1, 0.15) is 30.5 Å². The summed E-state index contributed by atoms with van der Waals surface area (Å²) >= 11 is 7.85. The van der Waals surface area contributed by atoms with E-state index >= 15 is 0 Å². The van der Waals surface area contributed by atoms with Crippen molar-refractivity contribution in [3.8, 4) is 28.0 Å². The minimum absolute atomic E-state index is 0.0448. The van der Waals surface area contributed by atoms with Gasteiger partial charge in [-0.15, -0.1) is 11.3 Å². The molecule has 15 heteroatoms. The molecule has 1 aromatic heterocycles. The molecule has 0 bridgehead atoms. The van der Waals surface area contributed by atoms with Crippen LogP contribution in [0.15, 0.2) is 66.2 Å². The van der Waals surface area contributed by atoms with Crippen molar-refractivity contribution in [2.45, 2.75) is 124 Å². The van der Waals surface area contributed by atoms with E-state index < -0.39 is 76.7 Å². The number of benzene rings is 3. The highest BCUT2D eigenvalue weighted by Crippen LogP contribution is 2.59. The van der Waals surface area contributed by atoms with Crippen LogP contribution in [0.25, 0.3) is 15.3 Å². The van der Waals surface area contributed by atoms with Gasteiger partial charge in [-0.3, -0.25) is 19.2 Å². The lowest BCUT2D eigenvalue weighted by atomic mass is 9.49. The van der Waals surface area contributed by atoms with Crippen molar-refractivity contribution < 1.29 is 36.5 Å². The highest BCUT2D eigenvalue weighted by Gasteiger charge is 2.67. The Morgan fingerprint density at radius 2 is 1.81 bits per heavy atom. The lowest BCUT2D eigenvalue weighted by Crippen LogP contribution is -2.74. The SMILES string of the molecule is [2H]C1([2H])c2cc(C#CCCCOCC(=O)N[C@H](C(=O)N3C[C@H](O)C[C@H]3C(=O)N[C@@H](C)c3ccc(-c4scnc4C)cc3)C(C)(C)C)ccc2C(=O)N1C1C(C)(C)C(Oc2ccc([N+]#[C-])c(Cl)c2)C1(C)C. The molecule has 0 radical (unpaired) electrons. The van der Waals surface area contributed by atoms with Crippen LogP contribution in [0.1, 0.15) is 116 Å². The van der Waals surface area contributed by atoms with E-state index in [1.165, 1.54) is 9.80 Å². The first-order valence-corrected chi connectivity index (χ1v) is 24.1. The van der Waals surface area contributed by atoms with Gasteiger partial charge in [0, 0.05) is 60.5 Å². The normalized spacial score (nSPS) is 22.3. The van der Waals surface area contributed by atoms with Crippen molar-refractivity contribution in [3.63, 3.8) is 0 Å². The molecule has 4 atom stereocenters. The van der Waals surface area contributed by atoms with E-state index in [-0.39, 0.29) is 48.4 Å². The van der Waals surface area contributed by atoms with Gasteiger partial charge in [-0.25, -0.2) is 9.83 Å². The molecule has 3 heterocycles. The van der Waals surface area contributed by atoms with Crippen molar-refractivity contribution >= 4 is 52.3 Å². The van der Waals surface area contributed by atoms with Crippen molar-refractivity contribution in [2.24, 2.45) is 16.2 Å². The summed E-state index contributed by atoms with van der Waals surface area (Å²) < 4.78 is 30.6. The summed E-state index contributed by atoms with van der Waals surface area (Å²) in [4.78, 5) is 66.5. The Kier molecular flexibility index (Phi) is 14.0. The summed E-state index contributed by atoms with van der Waals surface area (Å²) in [5.74, 6) is 4.89. The average Bonchev–Trinajstić information content (AvgIpc) is 3.97. The maximum absolute atomic E-state index is 14.1. The fourth-order valence-electron chi connectivity index (χ4n) is 10.1. The van der Waals surface area contributed by atoms with Crippen LogP contribution < -0.4 is 15.4 Å². The molecule has 2 fully saturated rings. The fraction of sp³-hybridized carbons (Fsp3) is 0.472. The topological polar surface area (TPSA) is 155 Å². The van der Waals surface area contributed by atoms with Crippen LogP contribution in [0.2, 0.25) is 5.02 Å². The Hall–Kier alpha value is -5.77. The van der Waals surface area contributed by atoms with Crippen molar-refractivity contribution in [1.29, 1.82) is 0 Å². The molecule has 0 spiro atoms. The van der Waals surface area contributed by atoms with Crippen LogP contribution in [0.5, 0.6) is 5.75 Å². The zero-order valence-corrected chi connectivity index (χ0v) is 41.6. The van der Waals surface area contributed by atoms with Crippen molar-refractivity contribution in [2.75, 3.05) is 19.8 Å². The van der Waals surface area contributed by atoms with Gasteiger partial charge in [0.05, 0.1) is 42.6 Å². The van der Waals surface area contributed by atoms with Crippen LogP contribution in [-0.2, 0) is 25.6 Å². The zero-order valence-electron chi connectivity index (χ0n) is 42.0. The molecule has 1 aliphatic carbocycles. The molecule has 358 valence electrons. The Bertz CT molecular complexity index is 2760. The van der Waals surface area contributed by atoms with Crippen molar-refractivity contribution in [3.05, 3.63) is 111 Å². The first-order valence-electron chi connectivity index (χ1n) is 23.8. The van der Waals surface area contributed by atoms with Gasteiger partial charge >= 0.3 is 0 Å². The smallest absolute Gasteiger partial charge is 0.254 e. The van der Waals surface area contributed by atoms with Crippen LogP contribution in [-0.4, -0.2) is 93.6 Å². The van der Waals surface area contributed by atoms with E-state index in [9.17, 15) is 27.0 Å². The number of likely N-dealkylation sites (tertiary alicyclic amines) is 1. The lowest BCUT2D eigenvalue weighted by Gasteiger charge is -2.65.